The molecule has 0 unspecified atom stereocenters. The summed E-state index contributed by atoms with van der Waals surface area (Å²) in [5, 5.41) is 6.33. The fourth-order valence-electron chi connectivity index (χ4n) is 1.55. The number of benzene rings is 1. The Morgan fingerprint density at radius 3 is 2.79 bits per heavy atom. The van der Waals surface area contributed by atoms with Crippen molar-refractivity contribution in [2.45, 2.75) is 13.5 Å². The van der Waals surface area contributed by atoms with Crippen LogP contribution >= 0.6 is 27.5 Å². The third-order valence-corrected chi connectivity index (χ3v) is 3.44. The molecule has 100 valence electrons. The molecule has 1 amide bonds. The van der Waals surface area contributed by atoms with E-state index in [1.54, 1.807) is 18.4 Å². The molecule has 0 radical (unpaired) electrons. The van der Waals surface area contributed by atoms with Crippen molar-refractivity contribution >= 4 is 44.8 Å². The number of carbonyl (C=O) groups is 1. The van der Waals surface area contributed by atoms with E-state index in [1.165, 1.54) is 6.92 Å². The van der Waals surface area contributed by atoms with E-state index in [4.69, 9.17) is 16.0 Å². The van der Waals surface area contributed by atoms with Crippen LogP contribution in [0.3, 0.4) is 0 Å². The molecule has 2 N–H and O–H groups in total. The molecule has 4 nitrogen and oxygen atoms in total. The number of hydrogen-bond acceptors (Lipinski definition) is 3. The van der Waals surface area contributed by atoms with E-state index in [-0.39, 0.29) is 5.91 Å². The number of carbonyl (C=O) groups excluding carboxylic acids is 1. The van der Waals surface area contributed by atoms with Crippen LogP contribution in [0.5, 0.6) is 0 Å². The van der Waals surface area contributed by atoms with Crippen LogP contribution in [-0.4, -0.2) is 5.91 Å². The molecule has 1 aromatic carbocycles. The zero-order valence-corrected chi connectivity index (χ0v) is 12.5. The van der Waals surface area contributed by atoms with E-state index in [9.17, 15) is 4.79 Å². The van der Waals surface area contributed by atoms with E-state index in [2.05, 4.69) is 26.6 Å². The summed E-state index contributed by atoms with van der Waals surface area (Å²) < 4.78 is 6.21. The van der Waals surface area contributed by atoms with Gasteiger partial charge >= 0.3 is 0 Å². The van der Waals surface area contributed by atoms with Crippen molar-refractivity contribution in [1.82, 2.24) is 0 Å². The summed E-state index contributed by atoms with van der Waals surface area (Å²) in [4.78, 5) is 11.0. The highest BCUT2D eigenvalue weighted by Gasteiger charge is 2.05. The van der Waals surface area contributed by atoms with Crippen molar-refractivity contribution in [3.8, 4) is 0 Å². The summed E-state index contributed by atoms with van der Waals surface area (Å²) >= 11 is 9.46. The van der Waals surface area contributed by atoms with E-state index >= 15 is 0 Å². The average Bonchev–Trinajstić information content (AvgIpc) is 2.75. The Kier molecular flexibility index (Phi) is 4.50. The number of halogens is 2. The molecule has 0 atom stereocenters. The molecular weight excluding hydrogens is 332 g/mol. The molecule has 0 bridgehead atoms. The highest BCUT2D eigenvalue weighted by Crippen LogP contribution is 2.26. The fourth-order valence-corrected chi connectivity index (χ4v) is 2.12. The molecule has 2 aromatic rings. The maximum absolute atomic E-state index is 11.0. The van der Waals surface area contributed by atoms with Crippen LogP contribution < -0.4 is 10.6 Å². The van der Waals surface area contributed by atoms with Crippen molar-refractivity contribution in [2.75, 3.05) is 10.6 Å². The average molecular weight is 344 g/mol. The predicted octanol–water partition coefficient (Wildman–Crippen LogP) is 4.27. The molecule has 1 heterocycles. The molecule has 2 rings (SSSR count). The first-order valence-corrected chi connectivity index (χ1v) is 6.76. The van der Waals surface area contributed by atoms with Crippen molar-refractivity contribution < 1.29 is 9.21 Å². The standard InChI is InChI=1S/C13H12BrClN2O2/c1-8(18)17-12-3-2-9(6-11(12)15)16-7-13-10(14)4-5-19-13/h2-6,16H,7H2,1H3,(H,17,18). The fraction of sp³-hybridized carbons (Fsp3) is 0.154. The summed E-state index contributed by atoms with van der Waals surface area (Å²) in [6, 6.07) is 7.19. The molecule has 1 aromatic heterocycles. The van der Waals surface area contributed by atoms with Crippen molar-refractivity contribution in [2.24, 2.45) is 0 Å². The summed E-state index contributed by atoms with van der Waals surface area (Å²) in [6.07, 6.45) is 1.62. The van der Waals surface area contributed by atoms with E-state index in [0.29, 0.717) is 17.3 Å². The Labute approximate surface area is 124 Å². The van der Waals surface area contributed by atoms with Gasteiger partial charge in [0, 0.05) is 12.6 Å². The van der Waals surface area contributed by atoms with Gasteiger partial charge in [0.15, 0.2) is 0 Å². The lowest BCUT2D eigenvalue weighted by Crippen LogP contribution is -2.06. The normalized spacial score (nSPS) is 10.3. The van der Waals surface area contributed by atoms with Crippen molar-refractivity contribution in [3.63, 3.8) is 0 Å². The highest BCUT2D eigenvalue weighted by molar-refractivity contribution is 9.10. The Morgan fingerprint density at radius 2 is 2.21 bits per heavy atom. The van der Waals surface area contributed by atoms with Crippen LogP contribution in [-0.2, 0) is 11.3 Å². The van der Waals surface area contributed by atoms with E-state index in [1.807, 2.05) is 12.1 Å². The first kappa shape index (κ1) is 14.0. The van der Waals surface area contributed by atoms with Gasteiger partial charge in [0.2, 0.25) is 5.91 Å². The number of rotatable bonds is 4. The Hall–Kier alpha value is -1.46. The third-order valence-electron chi connectivity index (χ3n) is 2.42. The third kappa shape index (κ3) is 3.75. The van der Waals surface area contributed by atoms with Crippen molar-refractivity contribution in [1.29, 1.82) is 0 Å². The van der Waals surface area contributed by atoms with Crippen LogP contribution in [0.4, 0.5) is 11.4 Å². The molecule has 0 aliphatic heterocycles. The minimum absolute atomic E-state index is 0.151. The number of nitrogens with one attached hydrogen (secondary N) is 2. The summed E-state index contributed by atoms with van der Waals surface area (Å²) in [5.74, 6) is 0.657. The number of hydrogen-bond donors (Lipinski definition) is 2. The maximum Gasteiger partial charge on any atom is 0.221 e. The lowest BCUT2D eigenvalue weighted by Gasteiger charge is -2.09. The monoisotopic (exact) mass is 342 g/mol. The molecular formula is C13H12BrClN2O2. The lowest BCUT2D eigenvalue weighted by molar-refractivity contribution is -0.114. The minimum Gasteiger partial charge on any atom is -0.466 e. The summed E-state index contributed by atoms with van der Waals surface area (Å²) in [5.41, 5.74) is 1.45. The highest BCUT2D eigenvalue weighted by atomic mass is 79.9. The van der Waals surface area contributed by atoms with Crippen LogP contribution in [0.25, 0.3) is 0 Å². The van der Waals surface area contributed by atoms with Gasteiger partial charge in [0.05, 0.1) is 28.0 Å². The SMILES string of the molecule is CC(=O)Nc1ccc(NCc2occc2Br)cc1Cl. The molecule has 0 fully saturated rings. The lowest BCUT2D eigenvalue weighted by atomic mass is 10.2. The second-order valence-corrected chi connectivity index (χ2v) is 5.18. The topological polar surface area (TPSA) is 54.3 Å². The van der Waals surface area contributed by atoms with Crippen LogP contribution in [0.2, 0.25) is 5.02 Å². The second kappa shape index (κ2) is 6.12. The molecule has 19 heavy (non-hydrogen) atoms. The molecule has 0 saturated heterocycles. The van der Waals surface area contributed by atoms with Crippen LogP contribution in [0, 0.1) is 0 Å². The van der Waals surface area contributed by atoms with Gasteiger partial charge in [-0.2, -0.15) is 0 Å². The van der Waals surface area contributed by atoms with Gasteiger partial charge < -0.3 is 15.1 Å². The summed E-state index contributed by atoms with van der Waals surface area (Å²) in [7, 11) is 0. The van der Waals surface area contributed by atoms with Gasteiger partial charge in [0.25, 0.3) is 0 Å². The molecule has 0 spiro atoms. The largest absolute Gasteiger partial charge is 0.466 e. The van der Waals surface area contributed by atoms with E-state index < -0.39 is 0 Å². The number of furan rings is 1. The first-order chi connectivity index (χ1) is 9.06. The van der Waals surface area contributed by atoms with Gasteiger partial charge in [-0.25, -0.2) is 0 Å². The Morgan fingerprint density at radius 1 is 1.42 bits per heavy atom. The Balaban J connectivity index is 2.04. The quantitative estimate of drug-likeness (QED) is 0.872. The zero-order valence-electron chi connectivity index (χ0n) is 10.2. The van der Waals surface area contributed by atoms with Crippen LogP contribution in [0.1, 0.15) is 12.7 Å². The maximum atomic E-state index is 11.0. The molecule has 0 saturated carbocycles. The van der Waals surface area contributed by atoms with Gasteiger partial charge in [0.1, 0.15) is 5.76 Å². The van der Waals surface area contributed by atoms with Crippen molar-refractivity contribution in [3.05, 3.63) is 45.8 Å². The van der Waals surface area contributed by atoms with Crippen LogP contribution in [0.15, 0.2) is 39.4 Å². The molecule has 0 aliphatic carbocycles. The smallest absolute Gasteiger partial charge is 0.221 e. The van der Waals surface area contributed by atoms with Gasteiger partial charge in [-0.3, -0.25) is 4.79 Å². The Bertz CT molecular complexity index is 598. The number of amides is 1. The van der Waals surface area contributed by atoms with E-state index in [0.717, 1.165) is 15.9 Å². The second-order valence-electron chi connectivity index (χ2n) is 3.92. The van der Waals surface area contributed by atoms with Gasteiger partial charge in [-0.1, -0.05) is 11.6 Å². The predicted molar refractivity (Wildman–Crippen MR) is 79.5 cm³/mol. The summed E-state index contributed by atoms with van der Waals surface area (Å²) in [6.45, 7) is 1.99. The molecule has 0 aliphatic rings. The molecule has 6 heteroatoms. The number of anilines is 2. The first-order valence-electron chi connectivity index (χ1n) is 5.59. The minimum atomic E-state index is -0.151. The zero-order chi connectivity index (χ0) is 13.8. The van der Waals surface area contributed by atoms with Gasteiger partial charge in [-0.15, -0.1) is 0 Å². The van der Waals surface area contributed by atoms with Gasteiger partial charge in [-0.05, 0) is 40.2 Å².